The van der Waals surface area contributed by atoms with E-state index in [9.17, 15) is 5.11 Å². The first-order valence-corrected chi connectivity index (χ1v) is 6.83. The molecule has 9 nitrogen and oxygen atoms in total. The van der Waals surface area contributed by atoms with Crippen molar-refractivity contribution in [3.05, 3.63) is 17.9 Å². The van der Waals surface area contributed by atoms with Crippen molar-refractivity contribution in [1.29, 1.82) is 0 Å². The van der Waals surface area contributed by atoms with Crippen molar-refractivity contribution in [3.63, 3.8) is 0 Å². The molecule has 2 N–H and O–H groups in total. The second-order valence-corrected chi connectivity index (χ2v) is 5.10. The van der Waals surface area contributed by atoms with Crippen LogP contribution in [0.15, 0.2) is 12.7 Å². The number of ether oxygens (including phenoxy) is 1. The van der Waals surface area contributed by atoms with E-state index in [1.54, 1.807) is 0 Å². The van der Waals surface area contributed by atoms with E-state index >= 15 is 0 Å². The Balaban J connectivity index is 1.73. The number of anilines is 1. The summed E-state index contributed by atoms with van der Waals surface area (Å²) in [6.07, 6.45) is 3.96. The molecular formula is C11H14ClN7O2. The molecule has 1 aliphatic heterocycles. The lowest BCUT2D eigenvalue weighted by Gasteiger charge is -2.32. The van der Waals surface area contributed by atoms with Crippen molar-refractivity contribution in [2.45, 2.75) is 18.4 Å². The van der Waals surface area contributed by atoms with Crippen LogP contribution < -0.4 is 5.32 Å². The van der Waals surface area contributed by atoms with Crippen LogP contribution in [0, 0.1) is 0 Å². The smallest absolute Gasteiger partial charge is 0.258 e. The lowest BCUT2D eigenvalue weighted by atomic mass is 9.94. The highest BCUT2D eigenvalue weighted by molar-refractivity contribution is 6.28. The Morgan fingerprint density at radius 2 is 2.14 bits per heavy atom. The summed E-state index contributed by atoms with van der Waals surface area (Å²) in [5.74, 6) is 0.536. The fourth-order valence-corrected chi connectivity index (χ4v) is 2.16. The first-order chi connectivity index (χ1) is 10.1. The van der Waals surface area contributed by atoms with E-state index in [-0.39, 0.29) is 17.2 Å². The Kier molecular flexibility index (Phi) is 3.95. The first-order valence-electron chi connectivity index (χ1n) is 6.45. The van der Waals surface area contributed by atoms with Gasteiger partial charge in [0.25, 0.3) is 5.95 Å². The van der Waals surface area contributed by atoms with Crippen LogP contribution >= 0.6 is 11.6 Å². The third kappa shape index (κ3) is 3.43. The van der Waals surface area contributed by atoms with Crippen LogP contribution in [-0.4, -0.2) is 60.2 Å². The van der Waals surface area contributed by atoms with Crippen molar-refractivity contribution in [1.82, 2.24) is 29.7 Å². The van der Waals surface area contributed by atoms with Crippen LogP contribution in [0.2, 0.25) is 5.28 Å². The molecule has 0 atom stereocenters. The van der Waals surface area contributed by atoms with Gasteiger partial charge >= 0.3 is 0 Å². The van der Waals surface area contributed by atoms with Crippen LogP contribution in [0.3, 0.4) is 0 Å². The van der Waals surface area contributed by atoms with E-state index in [1.165, 1.54) is 17.3 Å². The molecule has 10 heteroatoms. The zero-order valence-electron chi connectivity index (χ0n) is 11.1. The summed E-state index contributed by atoms with van der Waals surface area (Å²) in [6.45, 7) is 1.40. The van der Waals surface area contributed by atoms with Crippen LogP contribution in [0.1, 0.15) is 12.8 Å². The maximum Gasteiger partial charge on any atom is 0.258 e. The topological polar surface area (TPSA) is 111 Å². The number of hydrogen-bond acceptors (Lipinski definition) is 8. The molecule has 0 aliphatic carbocycles. The summed E-state index contributed by atoms with van der Waals surface area (Å²) >= 11 is 5.88. The molecule has 3 heterocycles. The van der Waals surface area contributed by atoms with E-state index in [0.717, 1.165) is 0 Å². The van der Waals surface area contributed by atoms with Crippen molar-refractivity contribution < 1.29 is 9.84 Å². The van der Waals surface area contributed by atoms with E-state index in [2.05, 4.69) is 30.4 Å². The number of aromatic nitrogens is 6. The van der Waals surface area contributed by atoms with Gasteiger partial charge in [0.2, 0.25) is 11.2 Å². The zero-order valence-corrected chi connectivity index (χ0v) is 11.9. The lowest BCUT2D eigenvalue weighted by Crippen LogP contribution is -2.42. The zero-order chi connectivity index (χ0) is 14.7. The van der Waals surface area contributed by atoms with E-state index in [0.29, 0.717) is 32.6 Å². The molecule has 0 aromatic carbocycles. The Hall–Kier alpha value is -1.84. The van der Waals surface area contributed by atoms with Crippen molar-refractivity contribution in [3.8, 4) is 5.95 Å². The quantitative estimate of drug-likeness (QED) is 0.815. The highest BCUT2D eigenvalue weighted by Crippen LogP contribution is 2.20. The molecule has 1 saturated heterocycles. The first kappa shape index (κ1) is 14.1. The normalized spacial score (nSPS) is 17.6. The van der Waals surface area contributed by atoms with Crippen LogP contribution in [0.4, 0.5) is 5.95 Å². The molecule has 0 amide bonds. The molecule has 112 valence electrons. The largest absolute Gasteiger partial charge is 0.388 e. The standard InChI is InChI=1S/C11H14ClN7O2/c12-8-16-9(14-5-11(20)1-3-21-4-2-11)18-10(17-8)19-7-13-6-15-19/h6-7,20H,1-5H2,(H,14,16,17,18). The molecule has 0 unspecified atom stereocenters. The summed E-state index contributed by atoms with van der Waals surface area (Å²) < 4.78 is 6.61. The molecule has 0 radical (unpaired) electrons. The number of hydrogen-bond donors (Lipinski definition) is 2. The van der Waals surface area contributed by atoms with Gasteiger partial charge in [-0.15, -0.1) is 0 Å². The number of aliphatic hydroxyl groups is 1. The van der Waals surface area contributed by atoms with Gasteiger partial charge in [-0.2, -0.15) is 24.7 Å². The molecule has 1 fully saturated rings. The van der Waals surface area contributed by atoms with E-state index in [1.807, 2.05) is 0 Å². The summed E-state index contributed by atoms with van der Waals surface area (Å²) in [5, 5.41) is 17.3. The van der Waals surface area contributed by atoms with E-state index in [4.69, 9.17) is 16.3 Å². The van der Waals surface area contributed by atoms with E-state index < -0.39 is 5.60 Å². The van der Waals surface area contributed by atoms with Gasteiger partial charge in [-0.25, -0.2) is 4.98 Å². The van der Waals surface area contributed by atoms with Gasteiger partial charge < -0.3 is 15.2 Å². The Labute approximate surface area is 125 Å². The minimum Gasteiger partial charge on any atom is -0.388 e. The van der Waals surface area contributed by atoms with Crippen LogP contribution in [-0.2, 0) is 4.74 Å². The third-order valence-electron chi connectivity index (χ3n) is 3.22. The maximum atomic E-state index is 10.4. The van der Waals surface area contributed by atoms with Crippen LogP contribution in [0.5, 0.6) is 0 Å². The summed E-state index contributed by atoms with van der Waals surface area (Å²) in [4.78, 5) is 16.0. The summed E-state index contributed by atoms with van der Waals surface area (Å²) in [7, 11) is 0. The average Bonchev–Trinajstić information content (AvgIpc) is 3.00. The maximum absolute atomic E-state index is 10.4. The van der Waals surface area contributed by atoms with Gasteiger partial charge in [-0.1, -0.05) is 0 Å². The lowest BCUT2D eigenvalue weighted by molar-refractivity contribution is -0.0544. The number of rotatable bonds is 4. The molecule has 3 rings (SSSR count). The monoisotopic (exact) mass is 311 g/mol. The molecule has 1 aliphatic rings. The Morgan fingerprint density at radius 3 is 2.86 bits per heavy atom. The predicted octanol–water partition coefficient (Wildman–Crippen LogP) is 0.0591. The molecule has 0 spiro atoms. The van der Waals surface area contributed by atoms with Crippen molar-refractivity contribution in [2.75, 3.05) is 25.1 Å². The highest BCUT2D eigenvalue weighted by atomic mass is 35.5. The Morgan fingerprint density at radius 1 is 1.33 bits per heavy atom. The van der Waals surface area contributed by atoms with Crippen molar-refractivity contribution in [2.24, 2.45) is 0 Å². The van der Waals surface area contributed by atoms with Gasteiger partial charge in [0.15, 0.2) is 0 Å². The summed E-state index contributed by atoms with van der Waals surface area (Å²) in [6, 6.07) is 0. The van der Waals surface area contributed by atoms with Crippen LogP contribution in [0.25, 0.3) is 5.95 Å². The minimum atomic E-state index is -0.829. The second-order valence-electron chi connectivity index (χ2n) is 4.76. The van der Waals surface area contributed by atoms with Gasteiger partial charge in [-0.05, 0) is 11.6 Å². The minimum absolute atomic E-state index is 0.0389. The number of nitrogens with zero attached hydrogens (tertiary/aromatic N) is 6. The molecule has 21 heavy (non-hydrogen) atoms. The highest BCUT2D eigenvalue weighted by Gasteiger charge is 2.29. The molecule has 0 saturated carbocycles. The predicted molar refractivity (Wildman–Crippen MR) is 73.2 cm³/mol. The van der Waals surface area contributed by atoms with Gasteiger partial charge in [0.05, 0.1) is 5.60 Å². The van der Waals surface area contributed by atoms with Gasteiger partial charge in [-0.3, -0.25) is 0 Å². The molecule has 0 bridgehead atoms. The van der Waals surface area contributed by atoms with Crippen molar-refractivity contribution >= 4 is 17.5 Å². The number of nitrogens with one attached hydrogen (secondary N) is 1. The fourth-order valence-electron chi connectivity index (χ4n) is 2.00. The number of halogens is 1. The van der Waals surface area contributed by atoms with Gasteiger partial charge in [0.1, 0.15) is 12.7 Å². The molecule has 2 aromatic heterocycles. The summed E-state index contributed by atoms with van der Waals surface area (Å²) in [5.41, 5.74) is -0.829. The molecular weight excluding hydrogens is 298 g/mol. The average molecular weight is 312 g/mol. The SMILES string of the molecule is OC1(CNc2nc(Cl)nc(-n3cncn3)n2)CCOCC1. The third-order valence-corrected chi connectivity index (χ3v) is 3.39. The fraction of sp³-hybridized carbons (Fsp3) is 0.545. The molecule has 2 aromatic rings. The van der Waals surface area contributed by atoms with Gasteiger partial charge in [0, 0.05) is 32.6 Å². The second kappa shape index (κ2) is 5.88. The Bertz CT molecular complexity index is 601.